The van der Waals surface area contributed by atoms with Gasteiger partial charge in [-0.05, 0) is 48.7 Å². The van der Waals surface area contributed by atoms with Gasteiger partial charge in [0.15, 0.2) is 0 Å². The number of nitrogens with zero attached hydrogens (tertiary/aromatic N) is 5. The number of aryl methyl sites for hydroxylation is 1. The number of halogens is 1. The number of hydrogen-bond donors (Lipinski definition) is 0. The highest BCUT2D eigenvalue weighted by atomic mass is 35.5. The molecule has 1 aliphatic rings. The van der Waals surface area contributed by atoms with Crippen molar-refractivity contribution in [1.82, 2.24) is 24.6 Å². The molecule has 162 valence electrons. The standard InChI is InChI=1S/C24H22ClN5O2/c25-19-6-2-1-5-17(19)8-10-22-27-24(28-32-22)18-7-9-21-20(15-18)26-16-30(21)14-11-23(31)29-12-3-4-13-29/h1-2,5-10,15-16H,3-4,11-14H2. The molecule has 7 nitrogen and oxygen atoms in total. The highest BCUT2D eigenvalue weighted by Gasteiger charge is 2.18. The van der Waals surface area contributed by atoms with E-state index in [1.807, 2.05) is 58.0 Å². The first-order valence-electron chi connectivity index (χ1n) is 10.7. The van der Waals surface area contributed by atoms with Crippen molar-refractivity contribution in [2.24, 2.45) is 0 Å². The van der Waals surface area contributed by atoms with Gasteiger partial charge in [0.05, 0.1) is 17.4 Å². The Kier molecular flexibility index (Phi) is 5.73. The Morgan fingerprint density at radius 1 is 1.12 bits per heavy atom. The molecular formula is C24H22ClN5O2. The van der Waals surface area contributed by atoms with E-state index in [0.717, 1.165) is 48.1 Å². The number of imidazole rings is 1. The number of rotatable bonds is 6. The van der Waals surface area contributed by atoms with E-state index in [9.17, 15) is 4.79 Å². The molecule has 0 saturated carbocycles. The number of carbonyl (C=O) groups is 1. The van der Waals surface area contributed by atoms with Gasteiger partial charge in [0.2, 0.25) is 11.7 Å². The maximum absolute atomic E-state index is 12.3. The van der Waals surface area contributed by atoms with Gasteiger partial charge in [-0.3, -0.25) is 4.79 Å². The Morgan fingerprint density at radius 2 is 1.97 bits per heavy atom. The Balaban J connectivity index is 1.29. The molecule has 8 heteroatoms. The van der Waals surface area contributed by atoms with Crippen molar-refractivity contribution in [1.29, 1.82) is 0 Å². The molecule has 0 radical (unpaired) electrons. The van der Waals surface area contributed by atoms with Gasteiger partial charge >= 0.3 is 0 Å². The van der Waals surface area contributed by atoms with Crippen molar-refractivity contribution < 1.29 is 9.32 Å². The Labute approximate surface area is 190 Å². The monoisotopic (exact) mass is 447 g/mol. The molecule has 0 aliphatic carbocycles. The summed E-state index contributed by atoms with van der Waals surface area (Å²) in [5.74, 6) is 1.10. The smallest absolute Gasteiger partial charge is 0.250 e. The van der Waals surface area contributed by atoms with Gasteiger partial charge < -0.3 is 14.0 Å². The van der Waals surface area contributed by atoms with Gasteiger partial charge in [0.25, 0.3) is 5.89 Å². The molecular weight excluding hydrogens is 426 g/mol. The van der Waals surface area contributed by atoms with Crippen LogP contribution in [0, 0.1) is 0 Å². The molecule has 2 aromatic carbocycles. The summed E-state index contributed by atoms with van der Waals surface area (Å²) in [6, 6.07) is 13.4. The Bertz CT molecular complexity index is 1290. The van der Waals surface area contributed by atoms with E-state index in [2.05, 4.69) is 15.1 Å². The first-order chi connectivity index (χ1) is 15.7. The molecule has 1 aliphatic heterocycles. The summed E-state index contributed by atoms with van der Waals surface area (Å²) in [5, 5.41) is 4.74. The summed E-state index contributed by atoms with van der Waals surface area (Å²) >= 11 is 6.17. The SMILES string of the molecule is O=C(CCn1cnc2cc(-c3noc(C=Cc4ccccc4Cl)n3)ccc21)N1CCCC1. The van der Waals surface area contributed by atoms with Crippen molar-refractivity contribution in [3.05, 3.63) is 65.3 Å². The highest BCUT2D eigenvalue weighted by molar-refractivity contribution is 6.32. The van der Waals surface area contributed by atoms with Crippen molar-refractivity contribution >= 4 is 40.7 Å². The quantitative estimate of drug-likeness (QED) is 0.419. The number of amides is 1. The maximum Gasteiger partial charge on any atom is 0.250 e. The van der Waals surface area contributed by atoms with Crippen LogP contribution in [0.4, 0.5) is 0 Å². The summed E-state index contributed by atoms with van der Waals surface area (Å²) in [4.78, 5) is 23.2. The second-order valence-electron chi connectivity index (χ2n) is 7.79. The van der Waals surface area contributed by atoms with Gasteiger partial charge in [-0.2, -0.15) is 4.98 Å². The molecule has 0 bridgehead atoms. The molecule has 2 aromatic heterocycles. The fraction of sp³-hybridized carbons (Fsp3) is 0.250. The van der Waals surface area contributed by atoms with Crippen LogP contribution in [0.3, 0.4) is 0 Å². The van der Waals surface area contributed by atoms with Crippen LogP contribution < -0.4 is 0 Å². The molecule has 0 unspecified atom stereocenters. The second kappa shape index (κ2) is 8.96. The second-order valence-corrected chi connectivity index (χ2v) is 8.20. The molecule has 3 heterocycles. The fourth-order valence-electron chi connectivity index (χ4n) is 3.91. The minimum Gasteiger partial charge on any atom is -0.343 e. The molecule has 0 atom stereocenters. The minimum atomic E-state index is 0.213. The molecule has 0 spiro atoms. The van der Waals surface area contributed by atoms with Crippen LogP contribution in [0.25, 0.3) is 34.6 Å². The van der Waals surface area contributed by atoms with E-state index in [-0.39, 0.29) is 5.91 Å². The molecule has 32 heavy (non-hydrogen) atoms. The van der Waals surface area contributed by atoms with Gasteiger partial charge in [0, 0.05) is 42.7 Å². The summed E-state index contributed by atoms with van der Waals surface area (Å²) in [5.41, 5.74) is 3.50. The average Bonchev–Trinajstić information content (AvgIpc) is 3.58. The minimum absolute atomic E-state index is 0.213. The van der Waals surface area contributed by atoms with Crippen LogP contribution in [-0.2, 0) is 11.3 Å². The largest absolute Gasteiger partial charge is 0.343 e. The first kappa shape index (κ1) is 20.5. The fourth-order valence-corrected chi connectivity index (χ4v) is 4.11. The number of carbonyl (C=O) groups excluding carboxylic acids is 1. The van der Waals surface area contributed by atoms with Crippen LogP contribution in [0.2, 0.25) is 5.02 Å². The third kappa shape index (κ3) is 4.29. The van der Waals surface area contributed by atoms with Crippen LogP contribution >= 0.6 is 11.6 Å². The predicted octanol–water partition coefficient (Wildman–Crippen LogP) is 4.92. The third-order valence-electron chi connectivity index (χ3n) is 5.66. The van der Waals surface area contributed by atoms with Crippen molar-refractivity contribution in [2.75, 3.05) is 13.1 Å². The molecule has 5 rings (SSSR count). The van der Waals surface area contributed by atoms with Crippen LogP contribution in [0.1, 0.15) is 30.7 Å². The van der Waals surface area contributed by atoms with E-state index in [1.165, 1.54) is 0 Å². The molecule has 1 saturated heterocycles. The van der Waals surface area contributed by atoms with Crippen LogP contribution in [-0.4, -0.2) is 43.6 Å². The summed E-state index contributed by atoms with van der Waals surface area (Å²) in [6.45, 7) is 2.38. The summed E-state index contributed by atoms with van der Waals surface area (Å²) < 4.78 is 7.37. The molecule has 1 amide bonds. The number of aromatic nitrogens is 4. The number of likely N-dealkylation sites (tertiary alicyclic amines) is 1. The van der Waals surface area contributed by atoms with E-state index >= 15 is 0 Å². The van der Waals surface area contributed by atoms with E-state index < -0.39 is 0 Å². The van der Waals surface area contributed by atoms with Crippen LogP contribution in [0.15, 0.2) is 53.3 Å². The van der Waals surface area contributed by atoms with Crippen LogP contribution in [0.5, 0.6) is 0 Å². The zero-order valence-corrected chi connectivity index (χ0v) is 18.2. The van der Waals surface area contributed by atoms with Gasteiger partial charge in [0.1, 0.15) is 0 Å². The lowest BCUT2D eigenvalue weighted by molar-refractivity contribution is -0.130. The number of fused-ring (bicyclic) bond motifs is 1. The average molecular weight is 448 g/mol. The predicted molar refractivity (Wildman–Crippen MR) is 124 cm³/mol. The Hall–Kier alpha value is -3.45. The molecule has 1 fully saturated rings. The van der Waals surface area contributed by atoms with Crippen molar-refractivity contribution in [3.63, 3.8) is 0 Å². The lowest BCUT2D eigenvalue weighted by Gasteiger charge is -2.15. The lowest BCUT2D eigenvalue weighted by Crippen LogP contribution is -2.28. The third-order valence-corrected chi connectivity index (χ3v) is 6.00. The van der Waals surface area contributed by atoms with Crippen molar-refractivity contribution in [2.45, 2.75) is 25.8 Å². The lowest BCUT2D eigenvalue weighted by atomic mass is 10.2. The van der Waals surface area contributed by atoms with Gasteiger partial charge in [-0.1, -0.05) is 35.0 Å². The molecule has 4 aromatic rings. The normalized spacial score (nSPS) is 14.1. The van der Waals surface area contributed by atoms with Gasteiger partial charge in [-0.25, -0.2) is 4.98 Å². The first-order valence-corrected chi connectivity index (χ1v) is 11.0. The zero-order valence-electron chi connectivity index (χ0n) is 17.4. The molecule has 0 N–H and O–H groups in total. The van der Waals surface area contributed by atoms with Crippen molar-refractivity contribution in [3.8, 4) is 11.4 Å². The number of benzene rings is 2. The summed E-state index contributed by atoms with van der Waals surface area (Å²) in [7, 11) is 0. The van der Waals surface area contributed by atoms with Gasteiger partial charge in [-0.15, -0.1) is 0 Å². The zero-order chi connectivity index (χ0) is 21.9. The highest BCUT2D eigenvalue weighted by Crippen LogP contribution is 2.23. The number of hydrogen-bond acceptors (Lipinski definition) is 5. The maximum atomic E-state index is 12.3. The Morgan fingerprint density at radius 3 is 2.81 bits per heavy atom. The van der Waals surface area contributed by atoms with E-state index in [1.54, 1.807) is 12.4 Å². The van der Waals surface area contributed by atoms with E-state index in [0.29, 0.717) is 29.7 Å². The topological polar surface area (TPSA) is 77.0 Å². The van der Waals surface area contributed by atoms with E-state index in [4.69, 9.17) is 16.1 Å². The summed E-state index contributed by atoms with van der Waals surface area (Å²) in [6.07, 6.45) is 8.06.